The SMILES string of the molecule is CC(C)[C@H]1COC(=O)N1c1n[nH]cc1F. The van der Waals surface area contributed by atoms with E-state index in [1.807, 2.05) is 13.8 Å². The van der Waals surface area contributed by atoms with E-state index in [-0.39, 0.29) is 24.4 Å². The molecule has 2 heterocycles. The summed E-state index contributed by atoms with van der Waals surface area (Å²) in [4.78, 5) is 12.7. The van der Waals surface area contributed by atoms with Gasteiger partial charge in [0.05, 0.1) is 12.2 Å². The van der Waals surface area contributed by atoms with Crippen LogP contribution in [0.2, 0.25) is 0 Å². The summed E-state index contributed by atoms with van der Waals surface area (Å²) in [6, 6.07) is -0.157. The van der Waals surface area contributed by atoms with Crippen LogP contribution in [0.4, 0.5) is 15.0 Å². The predicted molar refractivity (Wildman–Crippen MR) is 51.0 cm³/mol. The number of anilines is 1. The van der Waals surface area contributed by atoms with Gasteiger partial charge in [0.1, 0.15) is 6.61 Å². The minimum atomic E-state index is -0.542. The van der Waals surface area contributed by atoms with Gasteiger partial charge < -0.3 is 4.74 Å². The summed E-state index contributed by atoms with van der Waals surface area (Å²) in [5.41, 5.74) is 0. The molecule has 0 bridgehead atoms. The number of carbonyl (C=O) groups is 1. The first-order valence-electron chi connectivity index (χ1n) is 4.76. The molecule has 0 aliphatic carbocycles. The number of halogens is 1. The maximum atomic E-state index is 13.3. The Kier molecular flexibility index (Phi) is 2.34. The number of hydrogen-bond acceptors (Lipinski definition) is 3. The van der Waals surface area contributed by atoms with Crippen LogP contribution < -0.4 is 4.90 Å². The lowest BCUT2D eigenvalue weighted by atomic mass is 10.0. The Balaban J connectivity index is 2.33. The lowest BCUT2D eigenvalue weighted by Crippen LogP contribution is -2.37. The van der Waals surface area contributed by atoms with Crippen molar-refractivity contribution in [2.45, 2.75) is 19.9 Å². The molecule has 2 rings (SSSR count). The van der Waals surface area contributed by atoms with Crippen LogP contribution in [0.5, 0.6) is 0 Å². The van der Waals surface area contributed by atoms with Gasteiger partial charge in [0.2, 0.25) is 0 Å². The predicted octanol–water partition coefficient (Wildman–Crippen LogP) is 1.53. The number of aromatic amines is 1. The van der Waals surface area contributed by atoms with E-state index in [4.69, 9.17) is 4.74 Å². The van der Waals surface area contributed by atoms with Crippen molar-refractivity contribution < 1.29 is 13.9 Å². The average molecular weight is 213 g/mol. The van der Waals surface area contributed by atoms with E-state index in [0.29, 0.717) is 0 Å². The molecule has 0 spiro atoms. The topological polar surface area (TPSA) is 58.2 Å². The van der Waals surface area contributed by atoms with E-state index < -0.39 is 11.9 Å². The molecule has 1 amide bonds. The van der Waals surface area contributed by atoms with Crippen LogP contribution in [0.25, 0.3) is 0 Å². The molecule has 1 aromatic heterocycles. The van der Waals surface area contributed by atoms with Crippen molar-refractivity contribution in [2.24, 2.45) is 5.92 Å². The normalized spacial score (nSPS) is 21.2. The van der Waals surface area contributed by atoms with Crippen molar-refractivity contribution >= 4 is 11.9 Å². The summed E-state index contributed by atoms with van der Waals surface area (Å²) >= 11 is 0. The third-order valence-corrected chi connectivity index (χ3v) is 2.48. The molecule has 1 saturated heterocycles. The third-order valence-electron chi connectivity index (χ3n) is 2.48. The molecule has 1 atom stereocenters. The highest BCUT2D eigenvalue weighted by Gasteiger charge is 2.38. The highest BCUT2D eigenvalue weighted by atomic mass is 19.1. The zero-order chi connectivity index (χ0) is 11.0. The molecule has 1 aromatic rings. The fourth-order valence-corrected chi connectivity index (χ4v) is 1.61. The van der Waals surface area contributed by atoms with Gasteiger partial charge in [-0.25, -0.2) is 9.18 Å². The van der Waals surface area contributed by atoms with Gasteiger partial charge >= 0.3 is 6.09 Å². The Labute approximate surface area is 86.2 Å². The number of ether oxygens (including phenoxy) is 1. The summed E-state index contributed by atoms with van der Waals surface area (Å²) in [5.74, 6) is -0.344. The average Bonchev–Trinajstić information content (AvgIpc) is 2.71. The van der Waals surface area contributed by atoms with Gasteiger partial charge in [0, 0.05) is 0 Å². The van der Waals surface area contributed by atoms with Crippen LogP contribution in [0.15, 0.2) is 6.20 Å². The third kappa shape index (κ3) is 1.55. The molecule has 1 aliphatic rings. The van der Waals surface area contributed by atoms with Gasteiger partial charge in [-0.15, -0.1) is 0 Å². The summed E-state index contributed by atoms with van der Waals surface area (Å²) in [6.07, 6.45) is 0.568. The van der Waals surface area contributed by atoms with Crippen molar-refractivity contribution in [1.82, 2.24) is 10.2 Å². The second-order valence-corrected chi connectivity index (χ2v) is 3.82. The second-order valence-electron chi connectivity index (χ2n) is 3.82. The number of rotatable bonds is 2. The van der Waals surface area contributed by atoms with Crippen molar-refractivity contribution in [1.29, 1.82) is 0 Å². The summed E-state index contributed by atoms with van der Waals surface area (Å²) in [5, 5.41) is 6.09. The maximum absolute atomic E-state index is 13.3. The van der Waals surface area contributed by atoms with E-state index in [1.165, 1.54) is 4.90 Å². The Hall–Kier alpha value is -1.59. The standard InChI is InChI=1S/C9H12FN3O2/c1-5(2)7-4-15-9(14)13(7)8-6(10)3-11-12-8/h3,5,7H,4H2,1-2H3,(H,11,12)/t7-/m1/s1. The Morgan fingerprint density at radius 2 is 2.47 bits per heavy atom. The molecular weight excluding hydrogens is 201 g/mol. The zero-order valence-corrected chi connectivity index (χ0v) is 8.53. The van der Waals surface area contributed by atoms with Crippen LogP contribution in [-0.4, -0.2) is 28.9 Å². The molecule has 0 saturated carbocycles. The summed E-state index contributed by atoms with van der Waals surface area (Å²) < 4.78 is 18.2. The van der Waals surface area contributed by atoms with Crippen molar-refractivity contribution in [2.75, 3.05) is 11.5 Å². The van der Waals surface area contributed by atoms with Gasteiger partial charge in [-0.1, -0.05) is 13.8 Å². The van der Waals surface area contributed by atoms with Gasteiger partial charge in [-0.05, 0) is 5.92 Å². The largest absolute Gasteiger partial charge is 0.447 e. The molecular formula is C9H12FN3O2. The maximum Gasteiger partial charge on any atom is 0.416 e. The highest BCUT2D eigenvalue weighted by molar-refractivity contribution is 5.89. The molecule has 1 N–H and O–H groups in total. The minimum Gasteiger partial charge on any atom is -0.447 e. The molecule has 6 heteroatoms. The molecule has 0 aromatic carbocycles. The van der Waals surface area contributed by atoms with Crippen LogP contribution in [0.3, 0.4) is 0 Å². The number of aromatic nitrogens is 2. The molecule has 5 nitrogen and oxygen atoms in total. The van der Waals surface area contributed by atoms with E-state index in [0.717, 1.165) is 6.20 Å². The molecule has 15 heavy (non-hydrogen) atoms. The quantitative estimate of drug-likeness (QED) is 0.810. The minimum absolute atomic E-state index is 0.0104. The number of hydrogen-bond donors (Lipinski definition) is 1. The number of nitrogens with zero attached hydrogens (tertiary/aromatic N) is 2. The van der Waals surface area contributed by atoms with Gasteiger partial charge in [-0.2, -0.15) is 5.10 Å². The fraction of sp³-hybridized carbons (Fsp3) is 0.556. The molecule has 0 unspecified atom stereocenters. The Morgan fingerprint density at radius 1 is 1.73 bits per heavy atom. The molecule has 1 aliphatic heterocycles. The van der Waals surface area contributed by atoms with E-state index >= 15 is 0 Å². The first-order valence-corrected chi connectivity index (χ1v) is 4.76. The van der Waals surface area contributed by atoms with E-state index in [2.05, 4.69) is 10.2 Å². The number of nitrogens with one attached hydrogen (secondary N) is 1. The molecule has 0 radical (unpaired) electrons. The molecule has 82 valence electrons. The van der Waals surface area contributed by atoms with Gasteiger partial charge in [-0.3, -0.25) is 10.00 Å². The summed E-state index contributed by atoms with van der Waals surface area (Å²) in [6.45, 7) is 4.18. The van der Waals surface area contributed by atoms with E-state index in [9.17, 15) is 9.18 Å². The zero-order valence-electron chi connectivity index (χ0n) is 8.53. The van der Waals surface area contributed by atoms with Gasteiger partial charge in [0.15, 0.2) is 11.6 Å². The number of amides is 1. The van der Waals surface area contributed by atoms with Crippen molar-refractivity contribution in [3.63, 3.8) is 0 Å². The number of H-pyrrole nitrogens is 1. The lowest BCUT2D eigenvalue weighted by Gasteiger charge is -2.21. The van der Waals surface area contributed by atoms with Crippen LogP contribution >= 0.6 is 0 Å². The number of cyclic esters (lactones) is 1. The Morgan fingerprint density at radius 3 is 3.00 bits per heavy atom. The van der Waals surface area contributed by atoms with E-state index in [1.54, 1.807) is 0 Å². The summed E-state index contributed by atoms with van der Waals surface area (Å²) in [7, 11) is 0. The second kappa shape index (κ2) is 3.52. The smallest absolute Gasteiger partial charge is 0.416 e. The van der Waals surface area contributed by atoms with Gasteiger partial charge in [0.25, 0.3) is 0 Å². The first-order chi connectivity index (χ1) is 7.11. The van der Waals surface area contributed by atoms with Crippen molar-refractivity contribution in [3.05, 3.63) is 12.0 Å². The van der Waals surface area contributed by atoms with Crippen LogP contribution in [0, 0.1) is 11.7 Å². The monoisotopic (exact) mass is 213 g/mol. The van der Waals surface area contributed by atoms with Crippen LogP contribution in [0.1, 0.15) is 13.8 Å². The lowest BCUT2D eigenvalue weighted by molar-refractivity contribution is 0.177. The Bertz CT molecular complexity index is 377. The highest BCUT2D eigenvalue weighted by Crippen LogP contribution is 2.26. The first kappa shape index (κ1) is 9.95. The molecule has 1 fully saturated rings. The fourth-order valence-electron chi connectivity index (χ4n) is 1.61. The van der Waals surface area contributed by atoms with Crippen LogP contribution in [-0.2, 0) is 4.74 Å². The number of carbonyl (C=O) groups excluding carboxylic acids is 1. The van der Waals surface area contributed by atoms with Crippen molar-refractivity contribution in [3.8, 4) is 0 Å².